The van der Waals surface area contributed by atoms with Gasteiger partial charge < -0.3 is 11.1 Å². The molecule has 138 valence electrons. The molecule has 8 nitrogen and oxygen atoms in total. The summed E-state index contributed by atoms with van der Waals surface area (Å²) in [6.07, 6.45) is 4.81. The minimum absolute atomic E-state index is 0.152. The third-order valence-electron chi connectivity index (χ3n) is 4.10. The number of nitrogens with one attached hydrogen (secondary N) is 1. The van der Waals surface area contributed by atoms with Gasteiger partial charge in [0, 0.05) is 12.7 Å². The van der Waals surface area contributed by atoms with E-state index in [-0.39, 0.29) is 17.3 Å². The molecule has 0 aliphatic heterocycles. The smallest absolute Gasteiger partial charge is 0.257 e. The van der Waals surface area contributed by atoms with Crippen LogP contribution in [0.1, 0.15) is 16.1 Å². The molecule has 1 aromatic carbocycles. The Balaban J connectivity index is 1.93. The molecule has 0 aliphatic carbocycles. The van der Waals surface area contributed by atoms with Crippen LogP contribution < -0.4 is 11.1 Å². The van der Waals surface area contributed by atoms with Crippen molar-refractivity contribution >= 4 is 40.1 Å². The summed E-state index contributed by atoms with van der Waals surface area (Å²) < 4.78 is 1.41. The Morgan fingerprint density at radius 1 is 1.18 bits per heavy atom. The number of carbonyl (C=O) groups excluding carboxylic acids is 1. The first-order chi connectivity index (χ1) is 13.7. The topological polar surface area (TPSA) is 111 Å². The lowest BCUT2D eigenvalue weighted by Crippen LogP contribution is -2.24. The predicted molar refractivity (Wildman–Crippen MR) is 109 cm³/mol. The Labute approximate surface area is 160 Å². The Bertz CT molecular complexity index is 1210. The van der Waals surface area contributed by atoms with Gasteiger partial charge in [-0.3, -0.25) is 9.78 Å². The second-order valence-electron chi connectivity index (χ2n) is 5.95. The quantitative estimate of drug-likeness (QED) is 0.413. The van der Waals surface area contributed by atoms with Crippen molar-refractivity contribution in [2.45, 2.75) is 0 Å². The van der Waals surface area contributed by atoms with Gasteiger partial charge in [0.05, 0.1) is 22.9 Å². The molecule has 4 aromatic rings. The van der Waals surface area contributed by atoms with E-state index in [0.717, 1.165) is 0 Å². The van der Waals surface area contributed by atoms with E-state index in [0.29, 0.717) is 34.4 Å². The maximum absolute atomic E-state index is 12.7. The van der Waals surface area contributed by atoms with Crippen molar-refractivity contribution in [1.82, 2.24) is 24.9 Å². The lowest BCUT2D eigenvalue weighted by Gasteiger charge is -2.02. The molecule has 28 heavy (non-hydrogen) atoms. The Kier molecular flexibility index (Phi) is 4.51. The largest absolute Gasteiger partial charge is 0.383 e. The molecule has 0 atom stereocenters. The van der Waals surface area contributed by atoms with Crippen LogP contribution >= 0.6 is 0 Å². The van der Waals surface area contributed by atoms with E-state index in [9.17, 15) is 4.79 Å². The van der Waals surface area contributed by atoms with Gasteiger partial charge >= 0.3 is 0 Å². The SMILES string of the molecule is C=CCNC(=O)c1c(N)n(N=Cc2ccccn2)c2nc3ccccc3nc12. The summed E-state index contributed by atoms with van der Waals surface area (Å²) in [5.74, 6) is -0.210. The molecule has 0 fully saturated rings. The fraction of sp³-hybridized carbons (Fsp3) is 0.0500. The number of para-hydroxylation sites is 2. The minimum Gasteiger partial charge on any atom is -0.383 e. The van der Waals surface area contributed by atoms with Crippen LogP contribution in [-0.4, -0.2) is 38.3 Å². The van der Waals surface area contributed by atoms with Crippen molar-refractivity contribution in [3.63, 3.8) is 0 Å². The number of hydrogen-bond donors (Lipinski definition) is 2. The molecular formula is C20H17N7O. The van der Waals surface area contributed by atoms with Crippen LogP contribution in [0.5, 0.6) is 0 Å². The van der Waals surface area contributed by atoms with Crippen LogP contribution in [0.3, 0.4) is 0 Å². The fourth-order valence-corrected chi connectivity index (χ4v) is 2.81. The standard InChI is InChI=1S/C20H17N7O/c1-2-10-23-20(28)16-17-19(26-15-9-4-3-8-14(15)25-17)27(18(16)21)24-12-13-7-5-6-11-22-13/h2-9,11-12H,1,10,21H2,(H,23,28). The normalized spacial score (nSPS) is 11.3. The number of anilines is 1. The minimum atomic E-state index is -0.362. The van der Waals surface area contributed by atoms with Gasteiger partial charge in [0.2, 0.25) is 0 Å². The van der Waals surface area contributed by atoms with Gasteiger partial charge in [0.25, 0.3) is 5.91 Å². The van der Waals surface area contributed by atoms with Gasteiger partial charge in [-0.1, -0.05) is 24.3 Å². The summed E-state index contributed by atoms with van der Waals surface area (Å²) in [7, 11) is 0. The number of hydrogen-bond acceptors (Lipinski definition) is 6. The van der Waals surface area contributed by atoms with Crippen molar-refractivity contribution in [2.75, 3.05) is 12.3 Å². The first-order valence-corrected chi connectivity index (χ1v) is 8.60. The lowest BCUT2D eigenvalue weighted by atomic mass is 10.2. The van der Waals surface area contributed by atoms with Crippen molar-refractivity contribution < 1.29 is 4.79 Å². The highest BCUT2D eigenvalue weighted by Crippen LogP contribution is 2.27. The van der Waals surface area contributed by atoms with Crippen molar-refractivity contribution in [2.24, 2.45) is 5.10 Å². The van der Waals surface area contributed by atoms with Crippen LogP contribution in [0.25, 0.3) is 22.2 Å². The second kappa shape index (κ2) is 7.28. The fourth-order valence-electron chi connectivity index (χ4n) is 2.81. The highest BCUT2D eigenvalue weighted by atomic mass is 16.1. The van der Waals surface area contributed by atoms with E-state index in [1.54, 1.807) is 18.5 Å². The molecule has 3 N–H and O–H groups in total. The van der Waals surface area contributed by atoms with Crippen LogP contribution in [0, 0.1) is 0 Å². The molecule has 0 aliphatic rings. The zero-order chi connectivity index (χ0) is 19.5. The first kappa shape index (κ1) is 17.3. The maximum atomic E-state index is 12.7. The molecule has 8 heteroatoms. The van der Waals surface area contributed by atoms with E-state index in [2.05, 4.69) is 31.9 Å². The van der Waals surface area contributed by atoms with Crippen LogP contribution in [0.4, 0.5) is 5.82 Å². The van der Waals surface area contributed by atoms with E-state index in [4.69, 9.17) is 5.73 Å². The zero-order valence-corrected chi connectivity index (χ0v) is 14.9. The summed E-state index contributed by atoms with van der Waals surface area (Å²) in [6, 6.07) is 12.9. The number of nitrogens with zero attached hydrogens (tertiary/aromatic N) is 5. The number of carbonyl (C=O) groups is 1. The number of fused-ring (bicyclic) bond motifs is 2. The summed E-state index contributed by atoms with van der Waals surface area (Å²) in [4.78, 5) is 26.1. The lowest BCUT2D eigenvalue weighted by molar-refractivity contribution is 0.0960. The summed E-state index contributed by atoms with van der Waals surface area (Å²) >= 11 is 0. The predicted octanol–water partition coefficient (Wildman–Crippen LogP) is 2.36. The molecule has 0 saturated carbocycles. The Hall–Kier alpha value is -4.07. The number of aromatic nitrogens is 4. The van der Waals surface area contributed by atoms with E-state index >= 15 is 0 Å². The third kappa shape index (κ3) is 3.07. The summed E-state index contributed by atoms with van der Waals surface area (Å²) in [5.41, 5.74) is 9.28. The van der Waals surface area contributed by atoms with Gasteiger partial charge in [-0.2, -0.15) is 9.78 Å². The Morgan fingerprint density at radius 2 is 1.93 bits per heavy atom. The monoisotopic (exact) mass is 371 g/mol. The van der Waals surface area contributed by atoms with Gasteiger partial charge in [0.1, 0.15) is 16.9 Å². The van der Waals surface area contributed by atoms with Crippen LogP contribution in [0.15, 0.2) is 66.4 Å². The summed E-state index contributed by atoms with van der Waals surface area (Å²) in [5, 5.41) is 7.13. The molecular weight excluding hydrogens is 354 g/mol. The Morgan fingerprint density at radius 3 is 2.64 bits per heavy atom. The average Bonchev–Trinajstić information content (AvgIpc) is 3.00. The third-order valence-corrected chi connectivity index (χ3v) is 4.10. The second-order valence-corrected chi connectivity index (χ2v) is 5.95. The van der Waals surface area contributed by atoms with Crippen molar-refractivity contribution in [1.29, 1.82) is 0 Å². The van der Waals surface area contributed by atoms with Crippen LogP contribution in [0.2, 0.25) is 0 Å². The number of nitrogens with two attached hydrogens (primary N) is 1. The van der Waals surface area contributed by atoms with Crippen molar-refractivity contribution in [3.05, 3.63) is 72.6 Å². The number of nitrogen functional groups attached to an aromatic ring is 1. The summed E-state index contributed by atoms with van der Waals surface area (Å²) in [6.45, 7) is 3.92. The number of rotatable bonds is 5. The van der Waals surface area contributed by atoms with Crippen LogP contribution in [-0.2, 0) is 0 Å². The number of pyridine rings is 1. The number of benzene rings is 1. The molecule has 0 radical (unpaired) electrons. The van der Waals surface area contributed by atoms with E-state index in [1.165, 1.54) is 4.68 Å². The first-order valence-electron chi connectivity index (χ1n) is 8.60. The number of amides is 1. The highest BCUT2D eigenvalue weighted by Gasteiger charge is 2.23. The molecule has 0 bridgehead atoms. The molecule has 0 unspecified atom stereocenters. The van der Waals surface area contributed by atoms with E-state index < -0.39 is 0 Å². The molecule has 3 heterocycles. The van der Waals surface area contributed by atoms with Gasteiger partial charge in [0.15, 0.2) is 5.65 Å². The van der Waals surface area contributed by atoms with E-state index in [1.807, 2.05) is 42.5 Å². The molecule has 0 spiro atoms. The molecule has 0 saturated heterocycles. The average molecular weight is 371 g/mol. The van der Waals surface area contributed by atoms with Gasteiger partial charge in [-0.25, -0.2) is 9.97 Å². The molecule has 3 aromatic heterocycles. The zero-order valence-electron chi connectivity index (χ0n) is 14.9. The highest BCUT2D eigenvalue weighted by molar-refractivity contribution is 6.10. The van der Waals surface area contributed by atoms with Gasteiger partial charge in [-0.15, -0.1) is 6.58 Å². The molecule has 4 rings (SSSR count). The van der Waals surface area contributed by atoms with Gasteiger partial charge in [-0.05, 0) is 24.3 Å². The maximum Gasteiger partial charge on any atom is 0.257 e. The van der Waals surface area contributed by atoms with Crippen molar-refractivity contribution in [3.8, 4) is 0 Å². The molecule has 1 amide bonds.